The minimum absolute atomic E-state index is 0.338. The van der Waals surface area contributed by atoms with Crippen LogP contribution in [0.5, 0.6) is 0 Å². The summed E-state index contributed by atoms with van der Waals surface area (Å²) in [5, 5.41) is 10.3. The molecule has 2 nitrogen and oxygen atoms in total. The Bertz CT molecular complexity index is 508. The fourth-order valence-electron chi connectivity index (χ4n) is 1.70. The van der Waals surface area contributed by atoms with E-state index in [1.165, 1.54) is 12.1 Å². The van der Waals surface area contributed by atoms with Crippen molar-refractivity contribution >= 4 is 10.9 Å². The van der Waals surface area contributed by atoms with Crippen LogP contribution in [-0.2, 0) is 0 Å². The maximum Gasteiger partial charge on any atom is 0.124 e. The molecule has 2 rings (SSSR count). The highest BCUT2D eigenvalue weighted by molar-refractivity contribution is 5.85. The Kier molecular flexibility index (Phi) is 2.40. The topological polar surface area (TPSA) is 33.1 Å². The summed E-state index contributed by atoms with van der Waals surface area (Å²) in [4.78, 5) is 4.18. The van der Waals surface area contributed by atoms with Gasteiger partial charge < -0.3 is 5.11 Å². The highest BCUT2D eigenvalue weighted by Crippen LogP contribution is 2.25. The SMILES string of the molecule is Cc1ccnc2c(C(C)O)cc(F)cc12. The van der Waals surface area contributed by atoms with E-state index < -0.39 is 6.10 Å². The largest absolute Gasteiger partial charge is 0.389 e. The van der Waals surface area contributed by atoms with E-state index in [-0.39, 0.29) is 5.82 Å². The summed E-state index contributed by atoms with van der Waals surface area (Å²) in [6, 6.07) is 4.61. The number of hydrogen-bond acceptors (Lipinski definition) is 2. The molecule has 0 aliphatic rings. The smallest absolute Gasteiger partial charge is 0.124 e. The number of nitrogens with zero attached hydrogens (tertiary/aromatic N) is 1. The van der Waals surface area contributed by atoms with Gasteiger partial charge in [0.25, 0.3) is 0 Å². The van der Waals surface area contributed by atoms with Crippen LogP contribution in [0.1, 0.15) is 24.2 Å². The third-order valence-electron chi connectivity index (χ3n) is 2.51. The molecule has 0 aliphatic carbocycles. The second-order valence-corrected chi connectivity index (χ2v) is 3.70. The maximum atomic E-state index is 13.3. The monoisotopic (exact) mass is 205 g/mol. The molecule has 1 heterocycles. The summed E-state index contributed by atoms with van der Waals surface area (Å²) in [6.07, 6.45) is 0.957. The van der Waals surface area contributed by atoms with Gasteiger partial charge in [-0.2, -0.15) is 0 Å². The van der Waals surface area contributed by atoms with Crippen LogP contribution in [0.25, 0.3) is 10.9 Å². The summed E-state index contributed by atoms with van der Waals surface area (Å²) in [5.41, 5.74) is 2.17. The van der Waals surface area contributed by atoms with Gasteiger partial charge in [0.1, 0.15) is 5.82 Å². The summed E-state index contributed by atoms with van der Waals surface area (Å²) in [5.74, 6) is -0.338. The molecular weight excluding hydrogens is 193 g/mol. The van der Waals surface area contributed by atoms with Gasteiger partial charge in [0.15, 0.2) is 0 Å². The van der Waals surface area contributed by atoms with Crippen molar-refractivity contribution in [3.8, 4) is 0 Å². The van der Waals surface area contributed by atoms with Crippen molar-refractivity contribution in [2.24, 2.45) is 0 Å². The molecule has 1 aromatic carbocycles. The van der Waals surface area contributed by atoms with E-state index in [0.717, 1.165) is 10.9 Å². The van der Waals surface area contributed by atoms with Gasteiger partial charge in [0, 0.05) is 17.1 Å². The number of halogens is 1. The first-order valence-corrected chi connectivity index (χ1v) is 4.82. The fraction of sp³-hybridized carbons (Fsp3) is 0.250. The Hall–Kier alpha value is -1.48. The van der Waals surface area contributed by atoms with Crippen molar-refractivity contribution in [3.63, 3.8) is 0 Å². The highest BCUT2D eigenvalue weighted by Gasteiger charge is 2.10. The van der Waals surface area contributed by atoms with Crippen LogP contribution in [0, 0.1) is 12.7 Å². The van der Waals surface area contributed by atoms with Crippen molar-refractivity contribution in [2.75, 3.05) is 0 Å². The Balaban J connectivity index is 2.86. The minimum Gasteiger partial charge on any atom is -0.389 e. The Morgan fingerprint density at radius 3 is 2.80 bits per heavy atom. The van der Waals surface area contributed by atoms with Gasteiger partial charge in [-0.25, -0.2) is 4.39 Å². The third kappa shape index (κ3) is 1.70. The predicted octanol–water partition coefficient (Wildman–Crippen LogP) is 2.74. The molecule has 3 heteroatoms. The molecule has 78 valence electrons. The molecule has 1 atom stereocenters. The second kappa shape index (κ2) is 3.59. The van der Waals surface area contributed by atoms with Crippen molar-refractivity contribution < 1.29 is 9.50 Å². The van der Waals surface area contributed by atoms with Crippen LogP contribution in [0.2, 0.25) is 0 Å². The van der Waals surface area contributed by atoms with Crippen molar-refractivity contribution in [1.82, 2.24) is 4.98 Å². The van der Waals surface area contributed by atoms with E-state index in [2.05, 4.69) is 4.98 Å². The standard InChI is InChI=1S/C12H12FNO/c1-7-3-4-14-12-10(7)5-9(13)6-11(12)8(2)15/h3-6,8,15H,1-2H3. The molecule has 0 aliphatic heterocycles. The molecule has 0 bridgehead atoms. The fourth-order valence-corrected chi connectivity index (χ4v) is 1.70. The van der Waals surface area contributed by atoms with Gasteiger partial charge in [-0.15, -0.1) is 0 Å². The minimum atomic E-state index is -0.711. The van der Waals surface area contributed by atoms with Crippen LogP contribution >= 0.6 is 0 Å². The molecular formula is C12H12FNO. The summed E-state index contributed by atoms with van der Waals surface area (Å²) in [6.45, 7) is 3.51. The summed E-state index contributed by atoms with van der Waals surface area (Å²) < 4.78 is 13.3. The molecule has 1 aromatic heterocycles. The van der Waals surface area contributed by atoms with E-state index in [1.54, 1.807) is 13.1 Å². The zero-order valence-corrected chi connectivity index (χ0v) is 8.66. The first-order valence-electron chi connectivity index (χ1n) is 4.82. The normalized spacial score (nSPS) is 13.1. The van der Waals surface area contributed by atoms with Crippen molar-refractivity contribution in [1.29, 1.82) is 0 Å². The number of hydrogen-bond donors (Lipinski definition) is 1. The number of benzene rings is 1. The van der Waals surface area contributed by atoms with Crippen molar-refractivity contribution in [3.05, 3.63) is 41.3 Å². The quantitative estimate of drug-likeness (QED) is 0.776. The molecule has 0 radical (unpaired) electrons. The Labute approximate surface area is 87.4 Å². The first-order chi connectivity index (χ1) is 7.09. The number of aliphatic hydroxyl groups is 1. The van der Waals surface area contributed by atoms with Crippen LogP contribution in [-0.4, -0.2) is 10.1 Å². The van der Waals surface area contributed by atoms with Crippen LogP contribution in [0.15, 0.2) is 24.4 Å². The number of rotatable bonds is 1. The molecule has 0 spiro atoms. The zero-order chi connectivity index (χ0) is 11.0. The lowest BCUT2D eigenvalue weighted by atomic mass is 10.0. The lowest BCUT2D eigenvalue weighted by Crippen LogP contribution is -1.97. The number of aromatic nitrogens is 1. The first kappa shape index (κ1) is 10.1. The van der Waals surface area contributed by atoms with Gasteiger partial charge in [-0.3, -0.25) is 4.98 Å². The molecule has 0 fully saturated rings. The van der Waals surface area contributed by atoms with Crippen LogP contribution < -0.4 is 0 Å². The Morgan fingerprint density at radius 1 is 1.40 bits per heavy atom. The van der Waals surface area contributed by atoms with Gasteiger partial charge in [0.05, 0.1) is 11.6 Å². The van der Waals surface area contributed by atoms with E-state index in [4.69, 9.17) is 0 Å². The van der Waals surface area contributed by atoms with Gasteiger partial charge in [-0.1, -0.05) is 0 Å². The van der Waals surface area contributed by atoms with Crippen LogP contribution in [0.4, 0.5) is 4.39 Å². The maximum absolute atomic E-state index is 13.3. The second-order valence-electron chi connectivity index (χ2n) is 3.70. The lowest BCUT2D eigenvalue weighted by Gasteiger charge is -2.10. The molecule has 0 amide bonds. The van der Waals surface area contributed by atoms with Gasteiger partial charge >= 0.3 is 0 Å². The Morgan fingerprint density at radius 2 is 2.13 bits per heavy atom. The molecule has 2 aromatic rings. The predicted molar refractivity (Wildman–Crippen MR) is 57.1 cm³/mol. The van der Waals surface area contributed by atoms with Gasteiger partial charge in [0.2, 0.25) is 0 Å². The zero-order valence-electron chi connectivity index (χ0n) is 8.66. The van der Waals surface area contributed by atoms with Crippen molar-refractivity contribution in [2.45, 2.75) is 20.0 Å². The molecule has 1 N–H and O–H groups in total. The molecule has 0 saturated heterocycles. The summed E-state index contributed by atoms with van der Waals surface area (Å²) in [7, 11) is 0. The number of pyridine rings is 1. The number of fused-ring (bicyclic) bond motifs is 1. The summed E-state index contributed by atoms with van der Waals surface area (Å²) >= 11 is 0. The van der Waals surface area contributed by atoms with E-state index in [9.17, 15) is 9.50 Å². The van der Waals surface area contributed by atoms with Crippen LogP contribution in [0.3, 0.4) is 0 Å². The van der Waals surface area contributed by atoms with E-state index in [0.29, 0.717) is 11.1 Å². The van der Waals surface area contributed by atoms with E-state index >= 15 is 0 Å². The lowest BCUT2D eigenvalue weighted by molar-refractivity contribution is 0.200. The average molecular weight is 205 g/mol. The molecule has 15 heavy (non-hydrogen) atoms. The number of aryl methyl sites for hydroxylation is 1. The molecule has 0 saturated carbocycles. The van der Waals surface area contributed by atoms with Gasteiger partial charge in [-0.05, 0) is 37.6 Å². The highest BCUT2D eigenvalue weighted by atomic mass is 19.1. The molecule has 1 unspecified atom stereocenters. The number of aliphatic hydroxyl groups excluding tert-OH is 1. The van der Waals surface area contributed by atoms with E-state index in [1.807, 2.05) is 13.0 Å². The average Bonchev–Trinajstić information content (AvgIpc) is 2.18. The third-order valence-corrected chi connectivity index (χ3v) is 2.51.